The summed E-state index contributed by atoms with van der Waals surface area (Å²) in [4.78, 5) is 31.8. The molecule has 0 aliphatic heterocycles. The fourth-order valence-electron chi connectivity index (χ4n) is 4.98. The van der Waals surface area contributed by atoms with E-state index in [1.807, 2.05) is 0 Å². The van der Waals surface area contributed by atoms with Crippen molar-refractivity contribution in [2.24, 2.45) is 0 Å². The van der Waals surface area contributed by atoms with Gasteiger partial charge in [0.1, 0.15) is 0 Å². The molecule has 1 saturated carbocycles. The van der Waals surface area contributed by atoms with Crippen molar-refractivity contribution in [2.45, 2.75) is 147 Å². The summed E-state index contributed by atoms with van der Waals surface area (Å²) in [6.07, 6.45) is 24.1. The van der Waals surface area contributed by atoms with E-state index < -0.39 is 23.3 Å². The first kappa shape index (κ1) is 36.2. The molecule has 0 amide bonds. The predicted octanol–water partition coefficient (Wildman–Crippen LogP) is 10.1. The lowest BCUT2D eigenvalue weighted by Gasteiger charge is -2.11. The van der Waals surface area contributed by atoms with Crippen LogP contribution in [0.4, 0.5) is 0 Å². The number of carboxylic acid groups (broad SMARTS) is 3. The zero-order valence-corrected chi connectivity index (χ0v) is 25.6. The molecule has 8 heteroatoms. The Morgan fingerprint density at radius 3 is 1.15 bits per heavy atom. The molecule has 228 valence electrons. The maximum absolute atomic E-state index is 11.0. The van der Waals surface area contributed by atoms with Crippen LogP contribution in [0.15, 0.2) is 18.2 Å². The van der Waals surface area contributed by atoms with Crippen molar-refractivity contribution in [3.63, 3.8) is 0 Å². The van der Waals surface area contributed by atoms with Gasteiger partial charge in [0.05, 0.1) is 5.41 Å². The number of aliphatic carboxylic acids is 3. The normalized spacial score (nSPS) is 13.3. The van der Waals surface area contributed by atoms with E-state index in [9.17, 15) is 14.4 Å². The Hall–Kier alpha value is -1.79. The first-order valence-electron chi connectivity index (χ1n) is 15.3. The van der Waals surface area contributed by atoms with Crippen LogP contribution in [0.1, 0.15) is 147 Å². The summed E-state index contributed by atoms with van der Waals surface area (Å²) in [6, 6.07) is 4.96. The lowest BCUT2D eigenvalue weighted by atomic mass is 9.96. The highest BCUT2D eigenvalue weighted by Crippen LogP contribution is 2.50. The Bertz CT molecular complexity index is 837. The number of halogens is 2. The van der Waals surface area contributed by atoms with Gasteiger partial charge in [0.25, 0.3) is 0 Å². The van der Waals surface area contributed by atoms with Gasteiger partial charge in [-0.3, -0.25) is 14.4 Å². The molecule has 1 aliphatic carbocycles. The standard InChI is InChI=1S/C22H42O4.C10H8Cl2O2/c23-21(24)19-17-15-13-11-9-7-5-3-1-2-4-6-8-10-12-14-16-18-20-22(25)26;11-6-1-2-7(8(12)5-6)10(3-4-10)9(13)14/h1-20H2,(H,23,24)(H,25,26);1-2,5H,3-4H2,(H,13,14). The number of unbranched alkanes of at least 4 members (excludes halogenated alkanes) is 17. The van der Waals surface area contributed by atoms with E-state index in [2.05, 4.69) is 0 Å². The van der Waals surface area contributed by atoms with Crippen molar-refractivity contribution < 1.29 is 29.7 Å². The fourth-order valence-corrected chi connectivity index (χ4v) is 5.57. The summed E-state index contributed by atoms with van der Waals surface area (Å²) < 4.78 is 0. The lowest BCUT2D eigenvalue weighted by molar-refractivity contribution is -0.140. The minimum atomic E-state index is -0.804. The molecule has 0 radical (unpaired) electrons. The second-order valence-corrected chi connectivity index (χ2v) is 12.0. The topological polar surface area (TPSA) is 112 Å². The quantitative estimate of drug-likeness (QED) is 0.108. The van der Waals surface area contributed by atoms with Gasteiger partial charge in [0, 0.05) is 22.9 Å². The minimum Gasteiger partial charge on any atom is -0.481 e. The Morgan fingerprint density at radius 2 is 0.900 bits per heavy atom. The highest BCUT2D eigenvalue weighted by Gasteiger charge is 2.52. The molecular weight excluding hydrogens is 551 g/mol. The minimum absolute atomic E-state index is 0.326. The second kappa shape index (κ2) is 21.9. The van der Waals surface area contributed by atoms with Crippen molar-refractivity contribution in [2.75, 3.05) is 0 Å². The first-order valence-corrected chi connectivity index (χ1v) is 16.1. The van der Waals surface area contributed by atoms with Crippen LogP contribution in [-0.4, -0.2) is 33.2 Å². The number of hydrogen-bond donors (Lipinski definition) is 3. The highest BCUT2D eigenvalue weighted by atomic mass is 35.5. The van der Waals surface area contributed by atoms with Crippen LogP contribution in [-0.2, 0) is 19.8 Å². The van der Waals surface area contributed by atoms with Crippen molar-refractivity contribution in [1.82, 2.24) is 0 Å². The second-order valence-electron chi connectivity index (χ2n) is 11.2. The van der Waals surface area contributed by atoms with E-state index >= 15 is 0 Å². The maximum Gasteiger partial charge on any atom is 0.314 e. The Balaban J connectivity index is 0.000000473. The zero-order chi connectivity index (χ0) is 29.6. The van der Waals surface area contributed by atoms with Gasteiger partial charge in [0.15, 0.2) is 0 Å². The van der Waals surface area contributed by atoms with Crippen molar-refractivity contribution in [3.8, 4) is 0 Å². The molecule has 0 bridgehead atoms. The monoisotopic (exact) mass is 600 g/mol. The largest absolute Gasteiger partial charge is 0.481 e. The summed E-state index contributed by atoms with van der Waals surface area (Å²) in [5.41, 5.74) is -0.0714. The predicted molar refractivity (Wildman–Crippen MR) is 163 cm³/mol. The van der Waals surface area contributed by atoms with Crippen molar-refractivity contribution in [1.29, 1.82) is 0 Å². The lowest BCUT2D eigenvalue weighted by Crippen LogP contribution is -2.19. The zero-order valence-electron chi connectivity index (χ0n) is 24.1. The third kappa shape index (κ3) is 17.1. The van der Waals surface area contributed by atoms with E-state index in [1.54, 1.807) is 18.2 Å². The summed E-state index contributed by atoms with van der Waals surface area (Å²) in [6.45, 7) is 0. The van der Waals surface area contributed by atoms with Crippen LogP contribution in [0.25, 0.3) is 0 Å². The molecule has 1 fully saturated rings. The van der Waals surface area contributed by atoms with E-state index in [4.69, 9.17) is 38.5 Å². The van der Waals surface area contributed by atoms with Crippen LogP contribution in [0.2, 0.25) is 10.0 Å². The van der Waals surface area contributed by atoms with Crippen LogP contribution in [0.3, 0.4) is 0 Å². The Labute approximate surface area is 250 Å². The number of benzene rings is 1. The molecule has 1 aromatic rings. The van der Waals surface area contributed by atoms with Crippen LogP contribution < -0.4 is 0 Å². The molecular formula is C32H50Cl2O6. The molecule has 2 rings (SSSR count). The third-order valence-corrected chi connectivity index (χ3v) is 8.19. The summed E-state index contributed by atoms with van der Waals surface area (Å²) in [5, 5.41) is 27.1. The van der Waals surface area contributed by atoms with E-state index in [-0.39, 0.29) is 0 Å². The van der Waals surface area contributed by atoms with E-state index in [0.717, 1.165) is 25.7 Å². The summed E-state index contributed by atoms with van der Waals surface area (Å²) in [5.74, 6) is -2.14. The van der Waals surface area contributed by atoms with Gasteiger partial charge < -0.3 is 15.3 Å². The SMILES string of the molecule is O=C(O)C1(c2ccc(Cl)cc2Cl)CC1.O=C(O)CCCCCCCCCCCCCCCCCCCCC(=O)O. The molecule has 0 saturated heterocycles. The van der Waals surface area contributed by atoms with Crippen LogP contribution in [0.5, 0.6) is 0 Å². The molecule has 40 heavy (non-hydrogen) atoms. The molecule has 3 N–H and O–H groups in total. The Morgan fingerprint density at radius 1 is 0.575 bits per heavy atom. The summed E-state index contributed by atoms with van der Waals surface area (Å²) in [7, 11) is 0. The smallest absolute Gasteiger partial charge is 0.314 e. The molecule has 0 unspecified atom stereocenters. The molecule has 0 aromatic heterocycles. The van der Waals surface area contributed by atoms with Gasteiger partial charge in [0.2, 0.25) is 0 Å². The molecule has 1 aliphatic rings. The van der Waals surface area contributed by atoms with Crippen LogP contribution >= 0.6 is 23.2 Å². The van der Waals surface area contributed by atoms with Crippen molar-refractivity contribution >= 4 is 41.1 Å². The van der Waals surface area contributed by atoms with Crippen molar-refractivity contribution in [3.05, 3.63) is 33.8 Å². The number of rotatable bonds is 23. The number of hydrogen-bond acceptors (Lipinski definition) is 3. The average Bonchev–Trinajstić information content (AvgIpc) is 3.70. The van der Waals surface area contributed by atoms with Gasteiger partial charge in [-0.05, 0) is 43.4 Å². The number of carbonyl (C=O) groups is 3. The first-order chi connectivity index (χ1) is 19.2. The van der Waals surface area contributed by atoms with E-state index in [1.165, 1.54) is 89.9 Å². The Kier molecular flexibility index (Phi) is 19.8. The van der Waals surface area contributed by atoms with Gasteiger partial charge in [-0.25, -0.2) is 0 Å². The van der Waals surface area contributed by atoms with Gasteiger partial charge in [-0.15, -0.1) is 0 Å². The molecule has 0 atom stereocenters. The van der Waals surface area contributed by atoms with Gasteiger partial charge in [-0.2, -0.15) is 0 Å². The molecule has 0 spiro atoms. The molecule has 1 aromatic carbocycles. The number of carboxylic acids is 3. The summed E-state index contributed by atoms with van der Waals surface area (Å²) >= 11 is 11.7. The molecule has 6 nitrogen and oxygen atoms in total. The van der Waals surface area contributed by atoms with Crippen LogP contribution in [0, 0.1) is 0 Å². The molecule has 0 heterocycles. The highest BCUT2D eigenvalue weighted by molar-refractivity contribution is 6.35. The maximum atomic E-state index is 11.0. The van der Waals surface area contributed by atoms with Gasteiger partial charge >= 0.3 is 17.9 Å². The van der Waals surface area contributed by atoms with E-state index in [0.29, 0.717) is 41.3 Å². The third-order valence-electron chi connectivity index (χ3n) is 7.64. The van der Waals surface area contributed by atoms with Gasteiger partial charge in [-0.1, -0.05) is 132 Å². The fraction of sp³-hybridized carbons (Fsp3) is 0.719. The average molecular weight is 602 g/mol.